The quantitative estimate of drug-likeness (QED) is 0.819. The lowest BCUT2D eigenvalue weighted by atomic mass is 9.87. The summed E-state index contributed by atoms with van der Waals surface area (Å²) in [5.74, 6) is 3.40. The molecule has 1 saturated carbocycles. The van der Waals surface area contributed by atoms with Crippen LogP contribution in [0.3, 0.4) is 0 Å². The van der Waals surface area contributed by atoms with Gasteiger partial charge in [0.2, 0.25) is 0 Å². The van der Waals surface area contributed by atoms with Crippen LogP contribution in [0.15, 0.2) is 36.4 Å². The van der Waals surface area contributed by atoms with Gasteiger partial charge in [-0.25, -0.2) is 0 Å². The third-order valence-electron chi connectivity index (χ3n) is 5.10. The topological polar surface area (TPSA) is 21.3 Å². The lowest BCUT2D eigenvalue weighted by Crippen LogP contribution is -2.37. The average molecular weight is 271 g/mol. The number of methoxy groups -OCH3 is 1. The standard InChI is InChI=1S/C18H25NO/c1-12(15-6-8-17(20-3)9-7-15)19-13(2)18-11-14-4-5-16(18)10-14/h4-9,12-14,16,18-19H,10-11H2,1-3H3/t12-,13?,14?,16?,18?/m1/s1. The first-order valence-corrected chi connectivity index (χ1v) is 7.75. The fourth-order valence-electron chi connectivity index (χ4n) is 3.90. The van der Waals surface area contributed by atoms with E-state index in [9.17, 15) is 0 Å². The first-order chi connectivity index (χ1) is 9.67. The van der Waals surface area contributed by atoms with Gasteiger partial charge in [-0.05, 0) is 62.1 Å². The number of nitrogens with one attached hydrogen (secondary N) is 1. The zero-order valence-corrected chi connectivity index (χ0v) is 12.7. The van der Waals surface area contributed by atoms with Gasteiger partial charge in [-0.15, -0.1) is 0 Å². The monoisotopic (exact) mass is 271 g/mol. The summed E-state index contributed by atoms with van der Waals surface area (Å²) in [6.45, 7) is 4.60. The molecule has 5 atom stereocenters. The van der Waals surface area contributed by atoms with Crippen molar-refractivity contribution in [2.24, 2.45) is 17.8 Å². The van der Waals surface area contributed by atoms with Crippen LogP contribution in [0.1, 0.15) is 38.3 Å². The lowest BCUT2D eigenvalue weighted by molar-refractivity contribution is 0.307. The molecule has 1 aromatic rings. The molecule has 2 aliphatic carbocycles. The second kappa shape index (κ2) is 5.61. The van der Waals surface area contributed by atoms with Gasteiger partial charge in [-0.1, -0.05) is 24.3 Å². The fourth-order valence-corrected chi connectivity index (χ4v) is 3.90. The molecule has 1 aromatic carbocycles. The molecular formula is C18H25NO. The van der Waals surface area contributed by atoms with Gasteiger partial charge < -0.3 is 10.1 Å². The van der Waals surface area contributed by atoms with Crippen molar-refractivity contribution in [3.63, 3.8) is 0 Å². The predicted molar refractivity (Wildman–Crippen MR) is 82.9 cm³/mol. The Bertz CT molecular complexity index is 479. The van der Waals surface area contributed by atoms with E-state index >= 15 is 0 Å². The Morgan fingerprint density at radius 2 is 1.85 bits per heavy atom. The van der Waals surface area contributed by atoms with E-state index in [1.807, 2.05) is 12.1 Å². The van der Waals surface area contributed by atoms with E-state index in [1.165, 1.54) is 18.4 Å². The molecule has 2 nitrogen and oxygen atoms in total. The van der Waals surface area contributed by atoms with Crippen molar-refractivity contribution in [1.82, 2.24) is 5.32 Å². The van der Waals surface area contributed by atoms with E-state index < -0.39 is 0 Å². The number of hydrogen-bond donors (Lipinski definition) is 1. The predicted octanol–water partition coefficient (Wildman–Crippen LogP) is 3.95. The van der Waals surface area contributed by atoms with Crippen molar-refractivity contribution in [3.05, 3.63) is 42.0 Å². The first-order valence-electron chi connectivity index (χ1n) is 7.75. The maximum Gasteiger partial charge on any atom is 0.118 e. The van der Waals surface area contributed by atoms with Crippen LogP contribution in [-0.4, -0.2) is 13.2 Å². The summed E-state index contributed by atoms with van der Waals surface area (Å²) in [5.41, 5.74) is 1.33. The summed E-state index contributed by atoms with van der Waals surface area (Å²) in [7, 11) is 1.71. The van der Waals surface area contributed by atoms with Gasteiger partial charge in [0.25, 0.3) is 0 Å². The van der Waals surface area contributed by atoms with E-state index in [2.05, 4.69) is 43.4 Å². The summed E-state index contributed by atoms with van der Waals surface area (Å²) in [4.78, 5) is 0. The van der Waals surface area contributed by atoms with Crippen molar-refractivity contribution in [3.8, 4) is 5.75 Å². The van der Waals surface area contributed by atoms with E-state index in [0.717, 1.165) is 23.5 Å². The molecule has 3 rings (SSSR count). The molecule has 0 heterocycles. The summed E-state index contributed by atoms with van der Waals surface area (Å²) < 4.78 is 5.22. The van der Waals surface area contributed by atoms with Crippen LogP contribution in [0.4, 0.5) is 0 Å². The van der Waals surface area contributed by atoms with Crippen molar-refractivity contribution in [1.29, 1.82) is 0 Å². The highest BCUT2D eigenvalue weighted by atomic mass is 16.5. The van der Waals surface area contributed by atoms with Crippen LogP contribution < -0.4 is 10.1 Å². The highest BCUT2D eigenvalue weighted by molar-refractivity contribution is 5.29. The van der Waals surface area contributed by atoms with Crippen molar-refractivity contribution < 1.29 is 4.74 Å². The van der Waals surface area contributed by atoms with Gasteiger partial charge in [0, 0.05) is 12.1 Å². The zero-order chi connectivity index (χ0) is 14.1. The number of benzene rings is 1. The SMILES string of the molecule is COc1ccc([C@@H](C)NC(C)C2CC3C=CC2C3)cc1. The second-order valence-electron chi connectivity index (χ2n) is 6.39. The number of rotatable bonds is 5. The molecule has 0 amide bonds. The minimum absolute atomic E-state index is 0.388. The van der Waals surface area contributed by atoms with Crippen LogP contribution in [0, 0.1) is 17.8 Å². The molecular weight excluding hydrogens is 246 g/mol. The molecule has 4 unspecified atom stereocenters. The molecule has 2 heteroatoms. The summed E-state index contributed by atoms with van der Waals surface area (Å²) in [6, 6.07) is 9.36. The summed E-state index contributed by atoms with van der Waals surface area (Å²) in [6.07, 6.45) is 7.61. The molecule has 0 aromatic heterocycles. The van der Waals surface area contributed by atoms with Crippen molar-refractivity contribution in [2.45, 2.75) is 38.8 Å². The van der Waals surface area contributed by atoms with Crippen LogP contribution >= 0.6 is 0 Å². The molecule has 1 N–H and O–H groups in total. The largest absolute Gasteiger partial charge is 0.497 e. The molecule has 0 radical (unpaired) electrons. The highest BCUT2D eigenvalue weighted by Crippen LogP contribution is 2.45. The van der Waals surface area contributed by atoms with Gasteiger partial charge >= 0.3 is 0 Å². The minimum Gasteiger partial charge on any atom is -0.497 e. The van der Waals surface area contributed by atoms with Gasteiger partial charge in [0.05, 0.1) is 7.11 Å². The number of allylic oxidation sites excluding steroid dienone is 2. The normalized spacial score (nSPS) is 30.4. The molecule has 2 aliphatic rings. The Morgan fingerprint density at radius 1 is 1.10 bits per heavy atom. The van der Waals surface area contributed by atoms with Crippen LogP contribution in [-0.2, 0) is 0 Å². The first kappa shape index (κ1) is 13.7. The molecule has 0 spiro atoms. The third kappa shape index (κ3) is 2.62. The van der Waals surface area contributed by atoms with Gasteiger partial charge in [-0.3, -0.25) is 0 Å². The van der Waals surface area contributed by atoms with Crippen molar-refractivity contribution in [2.75, 3.05) is 7.11 Å². The second-order valence-corrected chi connectivity index (χ2v) is 6.39. The van der Waals surface area contributed by atoms with Gasteiger partial charge in [-0.2, -0.15) is 0 Å². The Balaban J connectivity index is 1.60. The maximum absolute atomic E-state index is 5.22. The van der Waals surface area contributed by atoms with Gasteiger partial charge in [0.1, 0.15) is 5.75 Å². The van der Waals surface area contributed by atoms with E-state index in [0.29, 0.717) is 12.1 Å². The minimum atomic E-state index is 0.388. The average Bonchev–Trinajstić information content (AvgIpc) is 3.10. The Kier molecular flexibility index (Phi) is 3.84. The summed E-state index contributed by atoms with van der Waals surface area (Å²) >= 11 is 0. The van der Waals surface area contributed by atoms with Crippen LogP contribution in [0.2, 0.25) is 0 Å². The van der Waals surface area contributed by atoms with E-state index in [-0.39, 0.29) is 0 Å². The molecule has 2 bridgehead atoms. The Hall–Kier alpha value is -1.28. The number of hydrogen-bond acceptors (Lipinski definition) is 2. The van der Waals surface area contributed by atoms with E-state index in [1.54, 1.807) is 7.11 Å². The molecule has 0 aliphatic heterocycles. The van der Waals surface area contributed by atoms with Crippen LogP contribution in [0.5, 0.6) is 5.75 Å². The van der Waals surface area contributed by atoms with E-state index in [4.69, 9.17) is 4.74 Å². The Morgan fingerprint density at radius 3 is 2.40 bits per heavy atom. The molecule has 20 heavy (non-hydrogen) atoms. The lowest BCUT2D eigenvalue weighted by Gasteiger charge is -2.29. The van der Waals surface area contributed by atoms with Crippen LogP contribution in [0.25, 0.3) is 0 Å². The number of fused-ring (bicyclic) bond motifs is 2. The van der Waals surface area contributed by atoms with Crippen molar-refractivity contribution >= 4 is 0 Å². The van der Waals surface area contributed by atoms with Gasteiger partial charge in [0.15, 0.2) is 0 Å². The zero-order valence-electron chi connectivity index (χ0n) is 12.7. The third-order valence-corrected chi connectivity index (χ3v) is 5.10. The fraction of sp³-hybridized carbons (Fsp3) is 0.556. The molecule has 108 valence electrons. The molecule has 0 saturated heterocycles. The number of ether oxygens (including phenoxy) is 1. The maximum atomic E-state index is 5.22. The summed E-state index contributed by atoms with van der Waals surface area (Å²) in [5, 5.41) is 3.79. The Labute approximate surface area is 122 Å². The smallest absolute Gasteiger partial charge is 0.118 e. The molecule has 1 fully saturated rings. The highest BCUT2D eigenvalue weighted by Gasteiger charge is 2.38.